The summed E-state index contributed by atoms with van der Waals surface area (Å²) in [6, 6.07) is 0. The number of hydrogen-bond donors (Lipinski definition) is 0. The Bertz CT molecular complexity index is 620. The Labute approximate surface area is 142 Å². The smallest absolute Gasteiger partial charge is 0.242 e. The van der Waals surface area contributed by atoms with Crippen LogP contribution in [0.2, 0.25) is 0 Å². The van der Waals surface area contributed by atoms with E-state index in [4.69, 9.17) is 0 Å². The Kier molecular flexibility index (Phi) is 4.29. The monoisotopic (exact) mass is 330 g/mol. The second-order valence-electron chi connectivity index (χ2n) is 7.52. The van der Waals surface area contributed by atoms with Crippen LogP contribution in [-0.4, -0.2) is 57.3 Å². The van der Waals surface area contributed by atoms with Crippen molar-refractivity contribution in [2.75, 3.05) is 26.2 Å². The molecule has 1 aliphatic carbocycles. The summed E-state index contributed by atoms with van der Waals surface area (Å²) in [6.45, 7) is 3.39. The van der Waals surface area contributed by atoms with Crippen LogP contribution in [-0.2, 0) is 22.6 Å². The number of rotatable bonds is 3. The van der Waals surface area contributed by atoms with Crippen LogP contribution in [0.3, 0.4) is 0 Å². The molecule has 0 radical (unpaired) electrons. The molecule has 0 aromatic carbocycles. The molecule has 6 heteroatoms. The van der Waals surface area contributed by atoms with Gasteiger partial charge < -0.3 is 14.4 Å². The van der Waals surface area contributed by atoms with Crippen molar-refractivity contribution in [3.05, 3.63) is 18.2 Å². The van der Waals surface area contributed by atoms with Gasteiger partial charge in [-0.05, 0) is 25.2 Å². The molecule has 24 heavy (non-hydrogen) atoms. The number of fused-ring (bicyclic) bond motifs is 1. The van der Waals surface area contributed by atoms with Gasteiger partial charge in [0.25, 0.3) is 0 Å². The van der Waals surface area contributed by atoms with E-state index < -0.39 is 0 Å². The van der Waals surface area contributed by atoms with Crippen LogP contribution >= 0.6 is 0 Å². The molecule has 1 saturated heterocycles. The molecule has 1 aromatic heterocycles. The van der Waals surface area contributed by atoms with E-state index in [-0.39, 0.29) is 24.3 Å². The minimum absolute atomic E-state index is 0.00313. The third kappa shape index (κ3) is 3.06. The molecule has 0 unspecified atom stereocenters. The fourth-order valence-corrected chi connectivity index (χ4v) is 4.43. The van der Waals surface area contributed by atoms with Gasteiger partial charge in [-0.25, -0.2) is 4.98 Å². The number of aromatic nitrogens is 2. The van der Waals surface area contributed by atoms with Gasteiger partial charge in [0.2, 0.25) is 11.8 Å². The summed E-state index contributed by atoms with van der Waals surface area (Å²) >= 11 is 0. The van der Waals surface area contributed by atoms with Gasteiger partial charge in [0.05, 0.1) is 12.9 Å². The molecule has 0 spiro atoms. The summed E-state index contributed by atoms with van der Waals surface area (Å²) in [5, 5.41) is 0. The van der Waals surface area contributed by atoms with Crippen molar-refractivity contribution in [1.82, 2.24) is 19.4 Å². The van der Waals surface area contributed by atoms with Crippen LogP contribution in [0.5, 0.6) is 0 Å². The topological polar surface area (TPSA) is 58.4 Å². The van der Waals surface area contributed by atoms with Gasteiger partial charge in [0.15, 0.2) is 0 Å². The molecule has 2 fully saturated rings. The van der Waals surface area contributed by atoms with Crippen molar-refractivity contribution >= 4 is 11.8 Å². The van der Waals surface area contributed by atoms with Crippen LogP contribution < -0.4 is 0 Å². The Morgan fingerprint density at radius 2 is 2.00 bits per heavy atom. The Hall–Kier alpha value is -1.85. The molecule has 2 aliphatic heterocycles. The van der Waals surface area contributed by atoms with E-state index in [0.717, 1.165) is 31.6 Å². The van der Waals surface area contributed by atoms with Crippen molar-refractivity contribution in [3.63, 3.8) is 0 Å². The fraction of sp³-hybridized carbons (Fsp3) is 0.722. The first-order valence-corrected chi connectivity index (χ1v) is 9.26. The molecule has 6 nitrogen and oxygen atoms in total. The first-order valence-electron chi connectivity index (χ1n) is 9.26. The third-order valence-corrected chi connectivity index (χ3v) is 5.91. The average molecular weight is 330 g/mol. The highest BCUT2D eigenvalue weighted by molar-refractivity contribution is 5.87. The maximum atomic E-state index is 12.8. The van der Waals surface area contributed by atoms with E-state index in [1.165, 1.54) is 25.7 Å². The van der Waals surface area contributed by atoms with Crippen LogP contribution in [0, 0.1) is 11.8 Å². The second kappa shape index (κ2) is 6.57. The summed E-state index contributed by atoms with van der Waals surface area (Å²) in [4.78, 5) is 33.2. The van der Waals surface area contributed by atoms with Gasteiger partial charge in [0.1, 0.15) is 0 Å². The zero-order valence-electron chi connectivity index (χ0n) is 14.2. The highest BCUT2D eigenvalue weighted by atomic mass is 16.2. The lowest BCUT2D eigenvalue weighted by Crippen LogP contribution is -2.54. The van der Waals surface area contributed by atoms with Gasteiger partial charge in [-0.2, -0.15) is 0 Å². The standard InChI is InChI=1S/C18H26N4O2/c23-17-12-21(8-7-20(17)11-14-3-1-2-4-14)18(24)15-5-6-22-13-19-10-16(22)9-15/h10,13-15H,1-9,11-12H2/t15-/m1/s1. The maximum Gasteiger partial charge on any atom is 0.242 e. The van der Waals surface area contributed by atoms with Gasteiger partial charge in [-0.1, -0.05) is 12.8 Å². The Morgan fingerprint density at radius 1 is 1.17 bits per heavy atom. The lowest BCUT2D eigenvalue weighted by molar-refractivity contribution is -0.148. The molecule has 130 valence electrons. The van der Waals surface area contributed by atoms with E-state index in [0.29, 0.717) is 19.0 Å². The molecule has 2 amide bonds. The van der Waals surface area contributed by atoms with E-state index in [2.05, 4.69) is 9.55 Å². The molecule has 1 aromatic rings. The summed E-state index contributed by atoms with van der Waals surface area (Å²) in [5.74, 6) is 0.955. The van der Waals surface area contributed by atoms with E-state index in [1.54, 1.807) is 4.90 Å². The number of carbonyl (C=O) groups is 2. The Balaban J connectivity index is 1.33. The van der Waals surface area contributed by atoms with Crippen molar-refractivity contribution in [3.8, 4) is 0 Å². The lowest BCUT2D eigenvalue weighted by atomic mass is 9.94. The molecular weight excluding hydrogens is 304 g/mol. The van der Waals surface area contributed by atoms with Crippen LogP contribution in [0.25, 0.3) is 0 Å². The predicted molar refractivity (Wildman–Crippen MR) is 89.2 cm³/mol. The van der Waals surface area contributed by atoms with Gasteiger partial charge >= 0.3 is 0 Å². The zero-order valence-corrected chi connectivity index (χ0v) is 14.2. The zero-order chi connectivity index (χ0) is 16.5. The molecule has 4 rings (SSSR count). The van der Waals surface area contributed by atoms with Crippen LogP contribution in [0.4, 0.5) is 0 Å². The number of piperazine rings is 1. The van der Waals surface area contributed by atoms with E-state index in [1.807, 2.05) is 17.4 Å². The van der Waals surface area contributed by atoms with Gasteiger partial charge in [-0.15, -0.1) is 0 Å². The normalized spacial score (nSPS) is 25.2. The quantitative estimate of drug-likeness (QED) is 0.839. The minimum atomic E-state index is 0.00313. The maximum absolute atomic E-state index is 12.8. The summed E-state index contributed by atoms with van der Waals surface area (Å²) < 4.78 is 2.12. The van der Waals surface area contributed by atoms with Crippen molar-refractivity contribution < 1.29 is 9.59 Å². The van der Waals surface area contributed by atoms with Crippen molar-refractivity contribution in [1.29, 1.82) is 0 Å². The number of nitrogens with zero attached hydrogens (tertiary/aromatic N) is 4. The molecule has 3 aliphatic rings. The largest absolute Gasteiger partial charge is 0.339 e. The number of imidazole rings is 1. The van der Waals surface area contributed by atoms with Crippen LogP contribution in [0.1, 0.15) is 37.8 Å². The van der Waals surface area contributed by atoms with E-state index in [9.17, 15) is 9.59 Å². The van der Waals surface area contributed by atoms with Gasteiger partial charge in [-0.3, -0.25) is 9.59 Å². The third-order valence-electron chi connectivity index (χ3n) is 5.91. The van der Waals surface area contributed by atoms with Crippen LogP contribution in [0.15, 0.2) is 12.5 Å². The molecule has 1 saturated carbocycles. The lowest BCUT2D eigenvalue weighted by Gasteiger charge is -2.37. The number of aryl methyl sites for hydroxylation is 1. The first kappa shape index (κ1) is 15.7. The summed E-state index contributed by atoms with van der Waals surface area (Å²) in [5.41, 5.74) is 1.13. The molecule has 0 bridgehead atoms. The SMILES string of the molecule is O=C1CN(C(=O)[C@@H]2CCn3cncc3C2)CCN1CC1CCCC1. The molecule has 1 atom stereocenters. The first-order chi connectivity index (χ1) is 11.7. The molecule has 0 N–H and O–H groups in total. The summed E-state index contributed by atoms with van der Waals surface area (Å²) in [6.07, 6.45) is 10.4. The van der Waals surface area contributed by atoms with Gasteiger partial charge in [0, 0.05) is 50.4 Å². The van der Waals surface area contributed by atoms with Crippen molar-refractivity contribution in [2.24, 2.45) is 11.8 Å². The Morgan fingerprint density at radius 3 is 2.79 bits per heavy atom. The average Bonchev–Trinajstić information content (AvgIpc) is 3.26. The number of carbonyl (C=O) groups excluding carboxylic acids is 2. The molecular formula is C18H26N4O2. The highest BCUT2D eigenvalue weighted by Crippen LogP contribution is 2.27. The van der Waals surface area contributed by atoms with E-state index >= 15 is 0 Å². The fourth-order valence-electron chi connectivity index (χ4n) is 4.43. The molecule has 3 heterocycles. The van der Waals surface area contributed by atoms with Crippen molar-refractivity contribution in [2.45, 2.75) is 45.1 Å². The number of hydrogen-bond acceptors (Lipinski definition) is 3. The second-order valence-corrected chi connectivity index (χ2v) is 7.52. The predicted octanol–water partition coefficient (Wildman–Crippen LogP) is 1.31. The number of amides is 2. The summed E-state index contributed by atoms with van der Waals surface area (Å²) in [7, 11) is 0. The minimum Gasteiger partial charge on any atom is -0.339 e. The highest BCUT2D eigenvalue weighted by Gasteiger charge is 2.34.